The van der Waals surface area contributed by atoms with Gasteiger partial charge in [-0.25, -0.2) is 0 Å². The van der Waals surface area contributed by atoms with E-state index in [2.05, 4.69) is 5.32 Å². The molecule has 0 saturated carbocycles. The molecule has 5 heteroatoms. The standard InChI is InChI=1S/C12H15NO4/c1-7(13-2)11(14)8-4-9(15-3)12-10(5-8)16-6-17-12/h4-5,7,13H,6H2,1-3H3. The van der Waals surface area contributed by atoms with Crippen molar-refractivity contribution in [3.05, 3.63) is 17.7 Å². The smallest absolute Gasteiger partial charge is 0.231 e. The van der Waals surface area contributed by atoms with Crippen molar-refractivity contribution in [3.63, 3.8) is 0 Å². The van der Waals surface area contributed by atoms with Crippen LogP contribution < -0.4 is 19.5 Å². The molecule has 0 radical (unpaired) electrons. The van der Waals surface area contributed by atoms with Gasteiger partial charge in [0.1, 0.15) is 0 Å². The number of rotatable bonds is 4. The molecule has 1 aromatic carbocycles. The molecule has 0 spiro atoms. The van der Waals surface area contributed by atoms with Crippen LogP contribution in [-0.4, -0.2) is 32.8 Å². The highest BCUT2D eigenvalue weighted by molar-refractivity contribution is 6.01. The zero-order valence-electron chi connectivity index (χ0n) is 10.1. The molecular weight excluding hydrogens is 222 g/mol. The van der Waals surface area contributed by atoms with E-state index in [9.17, 15) is 4.79 Å². The van der Waals surface area contributed by atoms with Crippen LogP contribution in [0, 0.1) is 0 Å². The van der Waals surface area contributed by atoms with Gasteiger partial charge in [0.25, 0.3) is 0 Å². The van der Waals surface area contributed by atoms with Crippen LogP contribution in [0.4, 0.5) is 0 Å². The van der Waals surface area contributed by atoms with Gasteiger partial charge in [-0.3, -0.25) is 4.79 Å². The number of methoxy groups -OCH3 is 1. The molecule has 5 nitrogen and oxygen atoms in total. The Morgan fingerprint density at radius 3 is 2.88 bits per heavy atom. The number of benzene rings is 1. The summed E-state index contributed by atoms with van der Waals surface area (Å²) < 4.78 is 15.7. The van der Waals surface area contributed by atoms with E-state index in [0.29, 0.717) is 22.8 Å². The topological polar surface area (TPSA) is 56.8 Å². The van der Waals surface area contributed by atoms with E-state index in [1.807, 2.05) is 0 Å². The number of nitrogens with one attached hydrogen (secondary N) is 1. The number of fused-ring (bicyclic) bond motifs is 1. The van der Waals surface area contributed by atoms with Gasteiger partial charge in [0.05, 0.1) is 13.2 Å². The molecule has 1 N–H and O–H groups in total. The number of carbonyl (C=O) groups excluding carboxylic acids is 1. The Hall–Kier alpha value is -1.75. The van der Waals surface area contributed by atoms with Crippen LogP contribution in [0.25, 0.3) is 0 Å². The summed E-state index contributed by atoms with van der Waals surface area (Å²) in [4.78, 5) is 12.0. The molecule has 1 aliphatic rings. The fourth-order valence-corrected chi connectivity index (χ4v) is 1.65. The second kappa shape index (κ2) is 4.63. The minimum atomic E-state index is -0.250. The lowest BCUT2D eigenvalue weighted by Gasteiger charge is -2.11. The summed E-state index contributed by atoms with van der Waals surface area (Å²) in [5.74, 6) is 1.62. The molecule has 1 atom stereocenters. The molecule has 2 rings (SSSR count). The van der Waals surface area contributed by atoms with Crippen LogP contribution in [0.15, 0.2) is 12.1 Å². The number of hydrogen-bond donors (Lipinski definition) is 1. The van der Waals surface area contributed by atoms with Crippen molar-refractivity contribution in [2.24, 2.45) is 0 Å². The Labute approximate surface area is 99.7 Å². The molecule has 0 aromatic heterocycles. The molecule has 0 amide bonds. The third-order valence-electron chi connectivity index (χ3n) is 2.77. The van der Waals surface area contributed by atoms with E-state index in [1.165, 1.54) is 7.11 Å². The van der Waals surface area contributed by atoms with Crippen molar-refractivity contribution in [1.29, 1.82) is 0 Å². The second-order valence-electron chi connectivity index (χ2n) is 3.79. The highest BCUT2D eigenvalue weighted by Gasteiger charge is 2.23. The van der Waals surface area contributed by atoms with E-state index in [-0.39, 0.29) is 18.6 Å². The lowest BCUT2D eigenvalue weighted by Crippen LogP contribution is -2.30. The van der Waals surface area contributed by atoms with Crippen LogP contribution >= 0.6 is 0 Å². The molecule has 0 saturated heterocycles. The van der Waals surface area contributed by atoms with Crippen molar-refractivity contribution < 1.29 is 19.0 Å². The van der Waals surface area contributed by atoms with Gasteiger partial charge in [-0.1, -0.05) is 0 Å². The van der Waals surface area contributed by atoms with Gasteiger partial charge in [0.2, 0.25) is 12.5 Å². The highest BCUT2D eigenvalue weighted by Crippen LogP contribution is 2.41. The molecule has 0 fully saturated rings. The van der Waals surface area contributed by atoms with Gasteiger partial charge in [-0.2, -0.15) is 0 Å². The highest BCUT2D eigenvalue weighted by atomic mass is 16.7. The summed E-state index contributed by atoms with van der Waals surface area (Å²) in [7, 11) is 3.28. The summed E-state index contributed by atoms with van der Waals surface area (Å²) in [6.45, 7) is 1.96. The zero-order valence-corrected chi connectivity index (χ0v) is 10.1. The van der Waals surface area contributed by atoms with Crippen molar-refractivity contribution in [3.8, 4) is 17.2 Å². The predicted octanol–water partition coefficient (Wildman–Crippen LogP) is 1.21. The zero-order chi connectivity index (χ0) is 12.4. The van der Waals surface area contributed by atoms with E-state index in [1.54, 1.807) is 26.1 Å². The number of ketones is 1. The van der Waals surface area contributed by atoms with Crippen molar-refractivity contribution >= 4 is 5.78 Å². The first kappa shape index (κ1) is 11.7. The number of ether oxygens (including phenoxy) is 3. The van der Waals surface area contributed by atoms with E-state index in [0.717, 1.165) is 0 Å². The minimum Gasteiger partial charge on any atom is -0.493 e. The quantitative estimate of drug-likeness (QED) is 0.798. The summed E-state index contributed by atoms with van der Waals surface area (Å²) in [6, 6.07) is 3.10. The third-order valence-corrected chi connectivity index (χ3v) is 2.77. The van der Waals surface area contributed by atoms with E-state index in [4.69, 9.17) is 14.2 Å². The van der Waals surface area contributed by atoms with Crippen LogP contribution in [0.1, 0.15) is 17.3 Å². The van der Waals surface area contributed by atoms with Gasteiger partial charge in [0.15, 0.2) is 17.3 Å². The second-order valence-corrected chi connectivity index (χ2v) is 3.79. The summed E-state index contributed by atoms with van der Waals surface area (Å²) in [5, 5.41) is 2.91. The molecule has 1 aromatic rings. The van der Waals surface area contributed by atoms with Crippen LogP contribution in [-0.2, 0) is 0 Å². The number of likely N-dealkylation sites (N-methyl/N-ethyl adjacent to an activating group) is 1. The largest absolute Gasteiger partial charge is 0.493 e. The number of carbonyl (C=O) groups is 1. The molecule has 0 bridgehead atoms. The van der Waals surface area contributed by atoms with Crippen molar-refractivity contribution in [2.75, 3.05) is 21.0 Å². The normalized spacial score (nSPS) is 14.5. The number of Topliss-reactive ketones (excluding diaryl/α,β-unsaturated/α-hetero) is 1. The van der Waals surface area contributed by atoms with Crippen LogP contribution in [0.5, 0.6) is 17.2 Å². The lowest BCUT2D eigenvalue weighted by atomic mass is 10.0. The fraction of sp³-hybridized carbons (Fsp3) is 0.417. The monoisotopic (exact) mass is 237 g/mol. The van der Waals surface area contributed by atoms with Crippen LogP contribution in [0.2, 0.25) is 0 Å². The van der Waals surface area contributed by atoms with Gasteiger partial charge in [-0.15, -0.1) is 0 Å². The first-order chi connectivity index (χ1) is 8.17. The fourth-order valence-electron chi connectivity index (χ4n) is 1.65. The SMILES string of the molecule is CNC(C)C(=O)c1cc(OC)c2c(c1)OCO2. The molecular formula is C12H15NO4. The number of hydrogen-bond acceptors (Lipinski definition) is 5. The summed E-state index contributed by atoms with van der Waals surface area (Å²) in [5.41, 5.74) is 0.549. The molecule has 17 heavy (non-hydrogen) atoms. The van der Waals surface area contributed by atoms with Crippen molar-refractivity contribution in [2.45, 2.75) is 13.0 Å². The molecule has 1 heterocycles. The Morgan fingerprint density at radius 1 is 1.47 bits per heavy atom. The van der Waals surface area contributed by atoms with Crippen molar-refractivity contribution in [1.82, 2.24) is 5.32 Å². The minimum absolute atomic E-state index is 0.0101. The average molecular weight is 237 g/mol. The van der Waals surface area contributed by atoms with Gasteiger partial charge in [0, 0.05) is 5.56 Å². The van der Waals surface area contributed by atoms with E-state index >= 15 is 0 Å². The molecule has 1 unspecified atom stereocenters. The third kappa shape index (κ3) is 2.06. The lowest BCUT2D eigenvalue weighted by molar-refractivity contribution is 0.0954. The molecule has 1 aliphatic heterocycles. The Balaban J connectivity index is 2.40. The maximum absolute atomic E-state index is 12.0. The van der Waals surface area contributed by atoms with Gasteiger partial charge < -0.3 is 19.5 Å². The van der Waals surface area contributed by atoms with E-state index < -0.39 is 0 Å². The summed E-state index contributed by atoms with van der Waals surface area (Å²) in [6.07, 6.45) is 0. The first-order valence-electron chi connectivity index (χ1n) is 5.36. The Bertz CT molecular complexity index is 444. The maximum Gasteiger partial charge on any atom is 0.231 e. The average Bonchev–Trinajstić information content (AvgIpc) is 2.83. The molecule has 92 valence electrons. The predicted molar refractivity (Wildman–Crippen MR) is 62.0 cm³/mol. The van der Waals surface area contributed by atoms with Crippen LogP contribution in [0.3, 0.4) is 0 Å². The van der Waals surface area contributed by atoms with Gasteiger partial charge in [-0.05, 0) is 26.1 Å². The Kier molecular flexibility index (Phi) is 3.19. The first-order valence-corrected chi connectivity index (χ1v) is 5.36. The van der Waals surface area contributed by atoms with Gasteiger partial charge >= 0.3 is 0 Å². The maximum atomic E-state index is 12.0. The Morgan fingerprint density at radius 2 is 2.24 bits per heavy atom. The summed E-state index contributed by atoms with van der Waals surface area (Å²) >= 11 is 0. The molecule has 0 aliphatic carbocycles.